The van der Waals surface area contributed by atoms with E-state index in [2.05, 4.69) is 8.75 Å². The highest BCUT2D eigenvalue weighted by Crippen LogP contribution is 2.38. The summed E-state index contributed by atoms with van der Waals surface area (Å²) in [4.78, 5) is 0. The van der Waals surface area contributed by atoms with Crippen molar-refractivity contribution in [3.8, 4) is 56.0 Å². The van der Waals surface area contributed by atoms with Crippen LogP contribution in [0.25, 0.3) is 55.5 Å². The van der Waals surface area contributed by atoms with Gasteiger partial charge in [-0.1, -0.05) is 60.7 Å². The lowest BCUT2D eigenvalue weighted by Gasteiger charge is -2.11. The SMILES string of the molecule is COc1ccc(-c2ccc(-c3ccc(-c4ccc(-c5ccc(OC)cc5)cc4F)c4nsnc34)c(F)c2)cc1. The molecule has 6 aromatic rings. The van der Waals surface area contributed by atoms with Crippen LogP contribution < -0.4 is 9.47 Å². The molecule has 1 heterocycles. The summed E-state index contributed by atoms with van der Waals surface area (Å²) in [7, 11) is 3.21. The van der Waals surface area contributed by atoms with Crippen LogP contribution in [-0.2, 0) is 0 Å². The Morgan fingerprint density at radius 2 is 0.846 bits per heavy atom. The summed E-state index contributed by atoms with van der Waals surface area (Å²) in [5, 5.41) is 0. The predicted molar refractivity (Wildman–Crippen MR) is 152 cm³/mol. The van der Waals surface area contributed by atoms with Gasteiger partial charge < -0.3 is 9.47 Å². The molecule has 0 amide bonds. The monoisotopic (exact) mass is 536 g/mol. The Bertz CT molecular complexity index is 1670. The first-order valence-electron chi connectivity index (χ1n) is 12.2. The first kappa shape index (κ1) is 24.7. The van der Waals surface area contributed by atoms with E-state index in [1.807, 2.05) is 60.7 Å². The maximum Gasteiger partial charge on any atom is 0.131 e. The molecule has 39 heavy (non-hydrogen) atoms. The van der Waals surface area contributed by atoms with Gasteiger partial charge in [0.15, 0.2) is 0 Å². The molecule has 0 radical (unpaired) electrons. The van der Waals surface area contributed by atoms with E-state index in [9.17, 15) is 0 Å². The fraction of sp³-hybridized carbons (Fsp3) is 0.0625. The van der Waals surface area contributed by atoms with Crippen molar-refractivity contribution < 1.29 is 18.3 Å². The van der Waals surface area contributed by atoms with Crippen molar-refractivity contribution >= 4 is 22.8 Å². The van der Waals surface area contributed by atoms with Crippen molar-refractivity contribution in [2.45, 2.75) is 0 Å². The van der Waals surface area contributed by atoms with Crippen LogP contribution in [0.4, 0.5) is 8.78 Å². The zero-order chi connectivity index (χ0) is 26.9. The van der Waals surface area contributed by atoms with E-state index in [1.165, 1.54) is 12.1 Å². The van der Waals surface area contributed by atoms with Gasteiger partial charge in [0.1, 0.15) is 34.2 Å². The van der Waals surface area contributed by atoms with E-state index in [0.29, 0.717) is 33.3 Å². The van der Waals surface area contributed by atoms with Crippen LogP contribution in [0, 0.1) is 11.6 Å². The fourth-order valence-corrected chi connectivity index (χ4v) is 5.27. The smallest absolute Gasteiger partial charge is 0.131 e. The van der Waals surface area contributed by atoms with Crippen LogP contribution in [-0.4, -0.2) is 23.0 Å². The summed E-state index contributed by atoms with van der Waals surface area (Å²) in [6.07, 6.45) is 0. The van der Waals surface area contributed by atoms with Gasteiger partial charge in [-0.15, -0.1) is 0 Å². The van der Waals surface area contributed by atoms with Crippen molar-refractivity contribution in [2.75, 3.05) is 14.2 Å². The Balaban J connectivity index is 1.36. The summed E-state index contributed by atoms with van der Waals surface area (Å²) in [6, 6.07) is 28.7. The van der Waals surface area contributed by atoms with Crippen LogP contribution in [0.5, 0.6) is 11.5 Å². The number of rotatable bonds is 6. The second-order valence-corrected chi connectivity index (χ2v) is 9.50. The predicted octanol–water partition coefficient (Wildman–Crippen LogP) is 8.65. The van der Waals surface area contributed by atoms with E-state index < -0.39 is 0 Å². The molecule has 0 saturated heterocycles. The zero-order valence-electron chi connectivity index (χ0n) is 21.1. The number of benzene rings is 5. The van der Waals surface area contributed by atoms with Crippen molar-refractivity contribution in [3.63, 3.8) is 0 Å². The molecule has 0 aliphatic rings. The number of halogens is 2. The third-order valence-corrected chi connectivity index (χ3v) is 7.31. The number of ether oxygens (including phenoxy) is 2. The Morgan fingerprint density at radius 3 is 1.21 bits per heavy atom. The number of aromatic nitrogens is 2. The minimum Gasteiger partial charge on any atom is -0.497 e. The summed E-state index contributed by atoms with van der Waals surface area (Å²) in [6.45, 7) is 0. The first-order chi connectivity index (χ1) is 19.1. The Morgan fingerprint density at radius 1 is 0.487 bits per heavy atom. The molecule has 0 aliphatic heterocycles. The van der Waals surface area contributed by atoms with Gasteiger partial charge in [-0.3, -0.25) is 0 Å². The second-order valence-electron chi connectivity index (χ2n) is 8.97. The second kappa shape index (κ2) is 10.3. The Kier molecular flexibility index (Phi) is 6.50. The lowest BCUT2D eigenvalue weighted by atomic mass is 9.94. The average Bonchev–Trinajstić information content (AvgIpc) is 3.47. The number of methoxy groups -OCH3 is 2. The summed E-state index contributed by atoms with van der Waals surface area (Å²) in [5.41, 5.74) is 6.37. The fourth-order valence-electron chi connectivity index (χ4n) is 4.69. The molecule has 0 N–H and O–H groups in total. The van der Waals surface area contributed by atoms with Crippen LogP contribution in [0.3, 0.4) is 0 Å². The van der Waals surface area contributed by atoms with Crippen LogP contribution in [0.1, 0.15) is 0 Å². The largest absolute Gasteiger partial charge is 0.497 e. The van der Waals surface area contributed by atoms with Crippen LogP contribution >= 0.6 is 11.7 Å². The molecule has 192 valence electrons. The minimum absolute atomic E-state index is 0.375. The number of fused-ring (bicyclic) bond motifs is 1. The van der Waals surface area contributed by atoms with Crippen molar-refractivity contribution in [2.24, 2.45) is 0 Å². The molecule has 1 aromatic heterocycles. The Labute approximate surface area is 228 Å². The molecule has 0 saturated carbocycles. The maximum atomic E-state index is 15.4. The van der Waals surface area contributed by atoms with E-state index in [-0.39, 0.29) is 11.6 Å². The third kappa shape index (κ3) is 4.62. The highest BCUT2D eigenvalue weighted by Gasteiger charge is 2.18. The molecule has 4 nitrogen and oxygen atoms in total. The van der Waals surface area contributed by atoms with Crippen LogP contribution in [0.2, 0.25) is 0 Å². The van der Waals surface area contributed by atoms with Gasteiger partial charge in [-0.2, -0.15) is 8.75 Å². The first-order valence-corrected chi connectivity index (χ1v) is 12.9. The lowest BCUT2D eigenvalue weighted by Crippen LogP contribution is -1.92. The van der Waals surface area contributed by atoms with Gasteiger partial charge >= 0.3 is 0 Å². The van der Waals surface area contributed by atoms with Crippen LogP contribution in [0.15, 0.2) is 97.1 Å². The van der Waals surface area contributed by atoms with Gasteiger partial charge in [0, 0.05) is 22.3 Å². The quantitative estimate of drug-likeness (QED) is 0.214. The van der Waals surface area contributed by atoms with E-state index >= 15 is 8.78 Å². The summed E-state index contributed by atoms with van der Waals surface area (Å²) in [5.74, 6) is 0.725. The molecule has 0 aliphatic carbocycles. The van der Waals surface area contributed by atoms with Gasteiger partial charge in [-0.25, -0.2) is 8.78 Å². The highest BCUT2D eigenvalue weighted by molar-refractivity contribution is 7.00. The van der Waals surface area contributed by atoms with E-state index in [1.54, 1.807) is 38.5 Å². The maximum absolute atomic E-state index is 15.4. The third-order valence-electron chi connectivity index (χ3n) is 6.78. The number of hydrogen-bond donors (Lipinski definition) is 0. The molecule has 0 atom stereocenters. The molecular weight excluding hydrogens is 514 g/mol. The molecule has 0 spiro atoms. The van der Waals surface area contributed by atoms with Gasteiger partial charge in [0.25, 0.3) is 0 Å². The number of hydrogen-bond acceptors (Lipinski definition) is 5. The molecular formula is C32H22F2N2O2S. The van der Waals surface area contributed by atoms with Gasteiger partial charge in [0.05, 0.1) is 25.9 Å². The average molecular weight is 537 g/mol. The van der Waals surface area contributed by atoms with E-state index in [0.717, 1.165) is 45.5 Å². The number of nitrogens with zero attached hydrogens (tertiary/aromatic N) is 2. The van der Waals surface area contributed by atoms with Gasteiger partial charge in [-0.05, 0) is 58.7 Å². The summed E-state index contributed by atoms with van der Waals surface area (Å²) >= 11 is 1.02. The van der Waals surface area contributed by atoms with Crippen molar-refractivity contribution in [1.29, 1.82) is 0 Å². The van der Waals surface area contributed by atoms with Crippen molar-refractivity contribution in [3.05, 3.63) is 109 Å². The minimum atomic E-state index is -0.375. The standard InChI is InChI=1S/C32H22F2N2O2S/c1-37-23-9-3-19(4-10-23)21-7-13-25(29(33)17-21)27-15-16-28(32-31(27)35-39-36-32)26-14-8-22(18-30(26)34)20-5-11-24(38-2)12-6-20/h3-18H,1-2H3. The molecule has 7 heteroatoms. The normalized spacial score (nSPS) is 11.1. The molecule has 6 rings (SSSR count). The Hall–Kier alpha value is -4.62. The molecule has 5 aromatic carbocycles. The van der Waals surface area contributed by atoms with Gasteiger partial charge in [0.2, 0.25) is 0 Å². The lowest BCUT2D eigenvalue weighted by molar-refractivity contribution is 0.415. The molecule has 0 bridgehead atoms. The topological polar surface area (TPSA) is 44.2 Å². The summed E-state index contributed by atoms with van der Waals surface area (Å²) < 4.78 is 50.1. The van der Waals surface area contributed by atoms with E-state index in [4.69, 9.17) is 9.47 Å². The molecule has 0 unspecified atom stereocenters. The zero-order valence-corrected chi connectivity index (χ0v) is 21.9. The highest BCUT2D eigenvalue weighted by atomic mass is 32.1. The molecule has 0 fully saturated rings. The van der Waals surface area contributed by atoms with Crippen molar-refractivity contribution in [1.82, 2.24) is 8.75 Å².